The fourth-order valence-corrected chi connectivity index (χ4v) is 6.90. The lowest BCUT2D eigenvalue weighted by Crippen LogP contribution is -2.27. The zero-order valence-electron chi connectivity index (χ0n) is 37.4. The molecule has 0 spiro atoms. The molecule has 0 amide bonds. The van der Waals surface area contributed by atoms with Gasteiger partial charge in [0.2, 0.25) is 0 Å². The molecule has 0 aromatic rings. The minimum atomic E-state index is -0.542. The number of carbonyl (C=O) groups excluding carboxylic acids is 1. The van der Waals surface area contributed by atoms with E-state index in [9.17, 15) is 9.90 Å². The van der Waals surface area contributed by atoms with Crippen molar-refractivity contribution in [2.75, 3.05) is 19.8 Å². The van der Waals surface area contributed by atoms with Crippen molar-refractivity contribution in [1.29, 1.82) is 0 Å². The number of aliphatic hydroxyl groups is 1. The van der Waals surface area contributed by atoms with E-state index in [1.165, 1.54) is 180 Å². The molecular formula is C52H94O4. The van der Waals surface area contributed by atoms with Gasteiger partial charge in [-0.3, -0.25) is 4.79 Å². The van der Waals surface area contributed by atoms with Gasteiger partial charge in [0.25, 0.3) is 0 Å². The van der Waals surface area contributed by atoms with Gasteiger partial charge >= 0.3 is 5.97 Å². The summed E-state index contributed by atoms with van der Waals surface area (Å²) in [5, 5.41) is 9.63. The van der Waals surface area contributed by atoms with Crippen LogP contribution in [0.2, 0.25) is 0 Å². The van der Waals surface area contributed by atoms with Gasteiger partial charge in [0, 0.05) is 13.0 Å². The van der Waals surface area contributed by atoms with E-state index in [-0.39, 0.29) is 12.6 Å². The molecule has 0 aliphatic carbocycles. The topological polar surface area (TPSA) is 55.8 Å². The Hall–Kier alpha value is -1.91. The SMILES string of the molecule is CCCCCC/C=C\C/C=C\CCCCCCCCCC(=O)OC(CO)COCCCCCCCCCCCCC/C=C\C/C=C\C/C=C\CCCCCCC. The Balaban J connectivity index is 3.44. The first-order valence-corrected chi connectivity index (χ1v) is 24.4. The molecule has 1 atom stereocenters. The summed E-state index contributed by atoms with van der Waals surface area (Å²) in [6, 6.07) is 0. The molecule has 4 heteroatoms. The van der Waals surface area contributed by atoms with Crippen molar-refractivity contribution in [2.24, 2.45) is 0 Å². The molecule has 0 aromatic heterocycles. The number of hydrogen-bond donors (Lipinski definition) is 1. The predicted molar refractivity (Wildman–Crippen MR) is 246 cm³/mol. The Bertz CT molecular complexity index is 916. The fraction of sp³-hybridized carbons (Fsp3) is 0.788. The fourth-order valence-electron chi connectivity index (χ4n) is 6.90. The number of unbranched alkanes of at least 4 members (excludes halogenated alkanes) is 27. The predicted octanol–water partition coefficient (Wildman–Crippen LogP) is 16.4. The third-order valence-electron chi connectivity index (χ3n) is 10.6. The Morgan fingerprint density at radius 3 is 1.14 bits per heavy atom. The smallest absolute Gasteiger partial charge is 0.306 e. The van der Waals surface area contributed by atoms with E-state index in [0.29, 0.717) is 19.6 Å². The number of allylic oxidation sites excluding steroid dienone is 10. The quantitative estimate of drug-likeness (QED) is 0.0380. The van der Waals surface area contributed by atoms with Crippen LogP contribution in [0.4, 0.5) is 0 Å². The average molecular weight is 783 g/mol. The van der Waals surface area contributed by atoms with Crippen LogP contribution in [0.15, 0.2) is 60.8 Å². The zero-order chi connectivity index (χ0) is 40.5. The number of carbonyl (C=O) groups is 1. The maximum Gasteiger partial charge on any atom is 0.306 e. The van der Waals surface area contributed by atoms with Crippen molar-refractivity contribution in [3.05, 3.63) is 60.8 Å². The van der Waals surface area contributed by atoms with Gasteiger partial charge in [-0.1, -0.05) is 209 Å². The molecule has 0 radical (unpaired) electrons. The van der Waals surface area contributed by atoms with Crippen molar-refractivity contribution in [3.8, 4) is 0 Å². The Morgan fingerprint density at radius 2 is 0.750 bits per heavy atom. The highest BCUT2D eigenvalue weighted by Crippen LogP contribution is 2.14. The van der Waals surface area contributed by atoms with Crippen LogP contribution in [0.5, 0.6) is 0 Å². The van der Waals surface area contributed by atoms with E-state index in [1.807, 2.05) is 0 Å². The molecule has 56 heavy (non-hydrogen) atoms. The highest BCUT2D eigenvalue weighted by atomic mass is 16.6. The van der Waals surface area contributed by atoms with Crippen molar-refractivity contribution in [2.45, 2.75) is 245 Å². The summed E-state index contributed by atoms with van der Waals surface area (Å²) in [5.74, 6) is -0.209. The molecule has 0 aliphatic heterocycles. The van der Waals surface area contributed by atoms with Crippen molar-refractivity contribution >= 4 is 5.97 Å². The molecule has 326 valence electrons. The largest absolute Gasteiger partial charge is 0.457 e. The standard InChI is InChI=1S/C52H94O4/c1-3-5-7-9-11-13-15-17-19-21-23-24-25-26-27-28-29-30-32-34-36-38-40-42-44-46-48-55-50-51(49-53)56-52(54)47-45-43-41-39-37-35-33-31-22-20-18-16-14-12-10-8-6-4-2/h14-17,20-23,25-26,51,53H,3-13,18-19,24,27-50H2,1-2H3/b16-14-,17-15-,22-20-,23-21-,26-25-. The summed E-state index contributed by atoms with van der Waals surface area (Å²) in [5.41, 5.74) is 0. The number of ether oxygens (including phenoxy) is 2. The van der Waals surface area contributed by atoms with Crippen LogP contribution in [-0.4, -0.2) is 37.0 Å². The van der Waals surface area contributed by atoms with Crippen molar-refractivity contribution < 1.29 is 19.4 Å². The molecule has 0 rings (SSSR count). The molecule has 1 N–H and O–H groups in total. The Kier molecular flexibility index (Phi) is 47.6. The van der Waals surface area contributed by atoms with E-state index >= 15 is 0 Å². The van der Waals surface area contributed by atoms with Crippen LogP contribution in [0, 0.1) is 0 Å². The van der Waals surface area contributed by atoms with E-state index in [0.717, 1.165) is 38.5 Å². The van der Waals surface area contributed by atoms with Crippen LogP contribution in [0.1, 0.15) is 239 Å². The van der Waals surface area contributed by atoms with E-state index in [2.05, 4.69) is 74.6 Å². The first kappa shape index (κ1) is 54.1. The van der Waals surface area contributed by atoms with Gasteiger partial charge in [0.15, 0.2) is 0 Å². The average Bonchev–Trinajstić information content (AvgIpc) is 3.20. The van der Waals surface area contributed by atoms with E-state index in [1.54, 1.807) is 0 Å². The normalized spacial score (nSPS) is 12.8. The van der Waals surface area contributed by atoms with Gasteiger partial charge in [-0.25, -0.2) is 0 Å². The minimum Gasteiger partial charge on any atom is -0.457 e. The van der Waals surface area contributed by atoms with Crippen LogP contribution < -0.4 is 0 Å². The van der Waals surface area contributed by atoms with E-state index in [4.69, 9.17) is 9.47 Å². The highest BCUT2D eigenvalue weighted by molar-refractivity contribution is 5.69. The molecule has 0 aromatic carbocycles. The lowest BCUT2D eigenvalue weighted by Gasteiger charge is -2.16. The van der Waals surface area contributed by atoms with Gasteiger partial charge in [-0.2, -0.15) is 0 Å². The number of hydrogen-bond acceptors (Lipinski definition) is 4. The van der Waals surface area contributed by atoms with Crippen LogP contribution in [0.25, 0.3) is 0 Å². The van der Waals surface area contributed by atoms with E-state index < -0.39 is 6.10 Å². The third-order valence-corrected chi connectivity index (χ3v) is 10.6. The summed E-state index contributed by atoms with van der Waals surface area (Å²) in [6.45, 7) is 5.32. The number of aliphatic hydroxyl groups excluding tert-OH is 1. The van der Waals surface area contributed by atoms with Crippen LogP contribution in [-0.2, 0) is 14.3 Å². The summed E-state index contributed by atoms with van der Waals surface area (Å²) in [4.78, 5) is 12.2. The monoisotopic (exact) mass is 783 g/mol. The highest BCUT2D eigenvalue weighted by Gasteiger charge is 2.13. The van der Waals surface area contributed by atoms with Gasteiger partial charge in [0.1, 0.15) is 6.10 Å². The first-order chi connectivity index (χ1) is 27.7. The second kappa shape index (κ2) is 49.2. The molecule has 0 heterocycles. The first-order valence-electron chi connectivity index (χ1n) is 24.4. The second-order valence-electron chi connectivity index (χ2n) is 16.2. The van der Waals surface area contributed by atoms with Gasteiger partial charge in [-0.05, 0) is 83.5 Å². The molecule has 0 bridgehead atoms. The maximum atomic E-state index is 12.2. The van der Waals surface area contributed by atoms with Crippen LogP contribution in [0.3, 0.4) is 0 Å². The number of esters is 1. The van der Waals surface area contributed by atoms with Gasteiger partial charge < -0.3 is 14.6 Å². The third kappa shape index (κ3) is 46.5. The molecule has 4 nitrogen and oxygen atoms in total. The molecule has 0 aliphatic rings. The Labute approximate surface area is 349 Å². The number of rotatable bonds is 45. The lowest BCUT2D eigenvalue weighted by atomic mass is 10.1. The minimum absolute atomic E-state index is 0.177. The lowest BCUT2D eigenvalue weighted by molar-refractivity contribution is -0.154. The molecule has 0 fully saturated rings. The Morgan fingerprint density at radius 1 is 0.429 bits per heavy atom. The maximum absolute atomic E-state index is 12.2. The summed E-state index contributed by atoms with van der Waals surface area (Å²) in [7, 11) is 0. The van der Waals surface area contributed by atoms with Crippen LogP contribution >= 0.6 is 0 Å². The molecular weight excluding hydrogens is 689 g/mol. The molecule has 1 unspecified atom stereocenters. The summed E-state index contributed by atoms with van der Waals surface area (Å²) >= 11 is 0. The summed E-state index contributed by atoms with van der Waals surface area (Å²) in [6.07, 6.45) is 65.8. The summed E-state index contributed by atoms with van der Waals surface area (Å²) < 4.78 is 11.2. The molecule has 0 saturated heterocycles. The zero-order valence-corrected chi connectivity index (χ0v) is 37.4. The second-order valence-corrected chi connectivity index (χ2v) is 16.2. The van der Waals surface area contributed by atoms with Gasteiger partial charge in [-0.15, -0.1) is 0 Å². The molecule has 0 saturated carbocycles. The van der Waals surface area contributed by atoms with Crippen molar-refractivity contribution in [1.82, 2.24) is 0 Å². The van der Waals surface area contributed by atoms with Gasteiger partial charge in [0.05, 0.1) is 13.2 Å². The van der Waals surface area contributed by atoms with Crippen molar-refractivity contribution in [3.63, 3.8) is 0 Å².